The van der Waals surface area contributed by atoms with Crippen molar-refractivity contribution in [1.29, 1.82) is 0 Å². The van der Waals surface area contributed by atoms with E-state index in [2.05, 4.69) is 91.9 Å². The molecule has 0 fully saturated rings. The van der Waals surface area contributed by atoms with Crippen LogP contribution in [0.15, 0.2) is 84.9 Å². The minimum absolute atomic E-state index is 1.31. The molecule has 0 saturated heterocycles. The van der Waals surface area contributed by atoms with Gasteiger partial charge >= 0.3 is 0 Å². The Bertz CT molecular complexity index is 730. The molecule has 0 heterocycles. The quantitative estimate of drug-likeness (QED) is 0.645. The van der Waals surface area contributed by atoms with Gasteiger partial charge in [-0.25, -0.2) is 0 Å². The number of rotatable bonds is 3. The van der Waals surface area contributed by atoms with E-state index < -0.39 is 6.89 Å². The van der Waals surface area contributed by atoms with Crippen LogP contribution >= 0.6 is 6.89 Å². The molecule has 0 atom stereocenters. The van der Waals surface area contributed by atoms with Crippen LogP contribution in [-0.2, 0) is 0 Å². The number of benzene rings is 3. The SMILES string of the molecule is C=P(c1ccccc1)(c1ccccc1)c1ccccc1C. The van der Waals surface area contributed by atoms with Gasteiger partial charge in [0.05, 0.1) is 0 Å². The lowest BCUT2D eigenvalue weighted by Crippen LogP contribution is -2.26. The Labute approximate surface area is 127 Å². The molecule has 0 N–H and O–H groups in total. The molecule has 0 bridgehead atoms. The van der Waals surface area contributed by atoms with Gasteiger partial charge in [-0.15, -0.1) is 0 Å². The van der Waals surface area contributed by atoms with E-state index >= 15 is 0 Å². The minimum Gasteiger partial charge on any atom is -0.0887 e. The first-order valence-corrected chi connectivity index (χ1v) is 9.11. The summed E-state index contributed by atoms with van der Waals surface area (Å²) in [5, 5.41) is 4.01. The molecule has 3 aromatic rings. The topological polar surface area (TPSA) is 0 Å². The fraction of sp³-hybridized carbons (Fsp3) is 0.0500. The Morgan fingerprint density at radius 2 is 1.05 bits per heavy atom. The lowest BCUT2D eigenvalue weighted by atomic mass is 10.2. The molecule has 0 aromatic heterocycles. The molecule has 0 nitrogen and oxygen atoms in total. The van der Waals surface area contributed by atoms with Crippen molar-refractivity contribution < 1.29 is 0 Å². The first kappa shape index (κ1) is 13.9. The molecule has 0 aliphatic rings. The lowest BCUT2D eigenvalue weighted by molar-refractivity contribution is 1.52. The second-order valence-corrected chi connectivity index (χ2v) is 8.40. The average Bonchev–Trinajstić information content (AvgIpc) is 2.56. The van der Waals surface area contributed by atoms with Crippen LogP contribution in [0.5, 0.6) is 0 Å². The standard InChI is InChI=1S/C20H19P/c1-17-11-9-10-16-20(17)21(2,18-12-5-3-6-13-18)19-14-7-4-8-15-19/h3-16H,2H2,1H3. The second kappa shape index (κ2) is 5.76. The molecule has 0 saturated carbocycles. The maximum atomic E-state index is 4.75. The van der Waals surface area contributed by atoms with Crippen LogP contribution in [0.3, 0.4) is 0 Å². The van der Waals surface area contributed by atoms with Crippen LogP contribution in [0.1, 0.15) is 5.56 Å². The highest BCUT2D eigenvalue weighted by molar-refractivity contribution is 7.93. The molecule has 0 aliphatic heterocycles. The summed E-state index contributed by atoms with van der Waals surface area (Å²) in [5.41, 5.74) is 1.31. The van der Waals surface area contributed by atoms with Crippen LogP contribution in [0.2, 0.25) is 0 Å². The fourth-order valence-corrected chi connectivity index (χ4v) is 6.02. The Morgan fingerprint density at radius 3 is 1.52 bits per heavy atom. The van der Waals surface area contributed by atoms with Crippen molar-refractivity contribution in [2.45, 2.75) is 6.92 Å². The predicted octanol–water partition coefficient (Wildman–Crippen LogP) is 3.72. The molecule has 0 spiro atoms. The largest absolute Gasteiger partial charge is 0.0887 e. The Kier molecular flexibility index (Phi) is 3.82. The van der Waals surface area contributed by atoms with Crippen molar-refractivity contribution in [1.82, 2.24) is 0 Å². The van der Waals surface area contributed by atoms with Crippen molar-refractivity contribution in [3.05, 3.63) is 90.5 Å². The summed E-state index contributed by atoms with van der Waals surface area (Å²) in [6, 6.07) is 30.0. The smallest absolute Gasteiger partial charge is 0.0136 e. The Hall–Kier alpha value is -2.04. The summed E-state index contributed by atoms with van der Waals surface area (Å²) in [6.07, 6.45) is 4.75. The molecule has 104 valence electrons. The lowest BCUT2D eigenvalue weighted by Gasteiger charge is -2.28. The predicted molar refractivity (Wildman–Crippen MR) is 97.0 cm³/mol. The van der Waals surface area contributed by atoms with Crippen molar-refractivity contribution in [3.63, 3.8) is 0 Å². The maximum absolute atomic E-state index is 4.75. The molecule has 0 unspecified atom stereocenters. The summed E-state index contributed by atoms with van der Waals surface area (Å²) >= 11 is 0. The average molecular weight is 290 g/mol. The number of hydrogen-bond donors (Lipinski definition) is 0. The van der Waals surface area contributed by atoms with Crippen LogP contribution in [0.4, 0.5) is 0 Å². The van der Waals surface area contributed by atoms with Gasteiger partial charge in [-0.1, -0.05) is 91.2 Å². The van der Waals surface area contributed by atoms with Gasteiger partial charge in [0.2, 0.25) is 0 Å². The van der Waals surface area contributed by atoms with E-state index in [4.69, 9.17) is 6.30 Å². The van der Waals surface area contributed by atoms with Gasteiger partial charge in [0, 0.05) is 0 Å². The van der Waals surface area contributed by atoms with Gasteiger partial charge in [0.1, 0.15) is 0 Å². The molecule has 3 aromatic carbocycles. The van der Waals surface area contributed by atoms with Crippen LogP contribution in [0, 0.1) is 6.92 Å². The van der Waals surface area contributed by atoms with Crippen molar-refractivity contribution in [2.75, 3.05) is 0 Å². The van der Waals surface area contributed by atoms with E-state index in [1.54, 1.807) is 0 Å². The molecule has 0 aliphatic carbocycles. The molecule has 3 rings (SSSR count). The van der Waals surface area contributed by atoms with E-state index in [1.807, 2.05) is 0 Å². The highest BCUT2D eigenvalue weighted by Gasteiger charge is 2.22. The zero-order valence-electron chi connectivity index (χ0n) is 12.2. The third kappa shape index (κ3) is 2.48. The fourth-order valence-electron chi connectivity index (χ4n) is 2.78. The molecule has 0 radical (unpaired) electrons. The van der Waals surface area contributed by atoms with Gasteiger partial charge in [-0.2, -0.15) is 0 Å². The Balaban J connectivity index is 2.32. The minimum atomic E-state index is -1.81. The molecular formula is C20H19P. The van der Waals surface area contributed by atoms with E-state index in [0.29, 0.717) is 0 Å². The monoisotopic (exact) mass is 290 g/mol. The van der Waals surface area contributed by atoms with Gasteiger partial charge in [-0.05, 0) is 35.3 Å². The van der Waals surface area contributed by atoms with E-state index in [1.165, 1.54) is 21.5 Å². The van der Waals surface area contributed by atoms with Crippen LogP contribution in [0.25, 0.3) is 0 Å². The summed E-state index contributed by atoms with van der Waals surface area (Å²) < 4.78 is 0. The highest BCUT2D eigenvalue weighted by Crippen LogP contribution is 2.42. The summed E-state index contributed by atoms with van der Waals surface area (Å²) in [5.74, 6) is 0. The third-order valence-corrected chi connectivity index (χ3v) is 7.60. The van der Waals surface area contributed by atoms with E-state index in [0.717, 1.165) is 0 Å². The van der Waals surface area contributed by atoms with Gasteiger partial charge in [0.15, 0.2) is 0 Å². The maximum Gasteiger partial charge on any atom is -0.0136 e. The molecule has 21 heavy (non-hydrogen) atoms. The first-order valence-electron chi connectivity index (χ1n) is 7.14. The van der Waals surface area contributed by atoms with E-state index in [9.17, 15) is 0 Å². The molecule has 1 heteroatoms. The third-order valence-electron chi connectivity index (χ3n) is 3.92. The zero-order chi connectivity index (χ0) is 14.7. The van der Waals surface area contributed by atoms with Crippen molar-refractivity contribution >= 4 is 29.1 Å². The van der Waals surface area contributed by atoms with Gasteiger partial charge in [-0.3, -0.25) is 0 Å². The molecular weight excluding hydrogens is 271 g/mol. The molecule has 0 amide bonds. The van der Waals surface area contributed by atoms with Crippen molar-refractivity contribution in [3.8, 4) is 0 Å². The van der Waals surface area contributed by atoms with Gasteiger partial charge in [0.25, 0.3) is 0 Å². The summed E-state index contributed by atoms with van der Waals surface area (Å²) in [6.45, 7) is 0.368. The summed E-state index contributed by atoms with van der Waals surface area (Å²) in [7, 11) is 0. The normalized spacial score (nSPS) is 11.3. The van der Waals surface area contributed by atoms with E-state index in [-0.39, 0.29) is 0 Å². The second-order valence-electron chi connectivity index (χ2n) is 5.27. The van der Waals surface area contributed by atoms with Gasteiger partial charge < -0.3 is 0 Å². The van der Waals surface area contributed by atoms with Crippen LogP contribution < -0.4 is 15.9 Å². The highest BCUT2D eigenvalue weighted by atomic mass is 31.2. The summed E-state index contributed by atoms with van der Waals surface area (Å²) in [4.78, 5) is 0. The van der Waals surface area contributed by atoms with Crippen LogP contribution in [-0.4, -0.2) is 6.30 Å². The zero-order valence-corrected chi connectivity index (χ0v) is 13.1. The number of hydrogen-bond acceptors (Lipinski definition) is 0. The number of aryl methyl sites for hydroxylation is 1. The van der Waals surface area contributed by atoms with Crippen molar-refractivity contribution in [2.24, 2.45) is 0 Å². The first-order chi connectivity index (χ1) is 10.2. The Morgan fingerprint density at radius 1 is 0.619 bits per heavy atom.